The van der Waals surface area contributed by atoms with E-state index < -0.39 is 0 Å². The molecule has 21 heavy (non-hydrogen) atoms. The average molecular weight is 303 g/mol. The van der Waals surface area contributed by atoms with Gasteiger partial charge in [0.1, 0.15) is 0 Å². The van der Waals surface area contributed by atoms with Gasteiger partial charge >= 0.3 is 0 Å². The summed E-state index contributed by atoms with van der Waals surface area (Å²) < 4.78 is 5.26. The van der Waals surface area contributed by atoms with Crippen LogP contribution in [-0.2, 0) is 9.53 Å². The maximum absolute atomic E-state index is 12.2. The van der Waals surface area contributed by atoms with Crippen molar-refractivity contribution in [2.24, 2.45) is 0 Å². The first-order valence-electron chi connectivity index (χ1n) is 6.94. The fourth-order valence-electron chi connectivity index (χ4n) is 2.31. The Morgan fingerprint density at radius 2 is 2.19 bits per heavy atom. The fourth-order valence-corrected chi connectivity index (χ4v) is 3.21. The number of carbonyl (C=O) groups is 1. The number of rotatable bonds is 3. The molecule has 0 radical (unpaired) electrons. The second-order valence-corrected chi connectivity index (χ2v) is 6.03. The summed E-state index contributed by atoms with van der Waals surface area (Å²) in [7, 11) is 0. The van der Waals surface area contributed by atoms with Gasteiger partial charge in [0.2, 0.25) is 5.91 Å². The highest BCUT2D eigenvalue weighted by Crippen LogP contribution is 2.26. The zero-order valence-corrected chi connectivity index (χ0v) is 12.7. The van der Waals surface area contributed by atoms with Gasteiger partial charge in [0.05, 0.1) is 30.7 Å². The molecule has 0 aliphatic carbocycles. The minimum Gasteiger partial charge on any atom is -0.378 e. The molecule has 3 rings (SSSR count). The van der Waals surface area contributed by atoms with Crippen LogP contribution in [0.5, 0.6) is 0 Å². The summed E-state index contributed by atoms with van der Waals surface area (Å²) in [5.74, 6) is 0.579. The molecule has 110 valence electrons. The van der Waals surface area contributed by atoms with Crippen molar-refractivity contribution in [2.45, 2.75) is 11.8 Å². The summed E-state index contributed by atoms with van der Waals surface area (Å²) in [4.78, 5) is 15.1. The molecule has 6 heteroatoms. The van der Waals surface area contributed by atoms with E-state index in [9.17, 15) is 4.79 Å². The summed E-state index contributed by atoms with van der Waals surface area (Å²) in [5.41, 5.74) is 2.04. The molecule has 1 saturated heterocycles. The van der Waals surface area contributed by atoms with Gasteiger partial charge in [0.25, 0.3) is 0 Å². The molecule has 1 amide bonds. The number of fused-ring (bicyclic) bond motifs is 1. The van der Waals surface area contributed by atoms with Crippen LogP contribution in [-0.4, -0.2) is 53.1 Å². The topological polar surface area (TPSA) is 55.3 Å². The van der Waals surface area contributed by atoms with Gasteiger partial charge in [0.15, 0.2) is 0 Å². The van der Waals surface area contributed by atoms with Gasteiger partial charge in [-0.2, -0.15) is 10.2 Å². The van der Waals surface area contributed by atoms with Crippen molar-refractivity contribution in [3.63, 3.8) is 0 Å². The average Bonchev–Trinajstić information content (AvgIpc) is 2.53. The smallest absolute Gasteiger partial charge is 0.233 e. The number of morpholine rings is 1. The zero-order valence-electron chi connectivity index (χ0n) is 11.9. The second-order valence-electron chi connectivity index (χ2n) is 5.01. The number of aromatic nitrogens is 2. The number of nitrogens with zero attached hydrogens (tertiary/aromatic N) is 3. The molecule has 0 saturated carbocycles. The van der Waals surface area contributed by atoms with Crippen molar-refractivity contribution in [1.82, 2.24) is 15.1 Å². The SMILES string of the molecule is Cc1ccc2nncc(SCC(=O)N3CCOCC3)c2c1. The van der Waals surface area contributed by atoms with Crippen molar-refractivity contribution >= 4 is 28.6 Å². The zero-order chi connectivity index (χ0) is 14.7. The summed E-state index contributed by atoms with van der Waals surface area (Å²) in [6, 6.07) is 6.07. The van der Waals surface area contributed by atoms with Crippen LogP contribution in [0.1, 0.15) is 5.56 Å². The lowest BCUT2D eigenvalue weighted by atomic mass is 10.1. The van der Waals surface area contributed by atoms with Crippen molar-refractivity contribution in [1.29, 1.82) is 0 Å². The Labute approximate surface area is 127 Å². The van der Waals surface area contributed by atoms with Crippen LogP contribution < -0.4 is 0 Å². The first-order valence-corrected chi connectivity index (χ1v) is 7.93. The fraction of sp³-hybridized carbons (Fsp3) is 0.400. The molecule has 0 unspecified atom stereocenters. The lowest BCUT2D eigenvalue weighted by Gasteiger charge is -2.26. The van der Waals surface area contributed by atoms with Gasteiger partial charge in [-0.25, -0.2) is 0 Å². The molecule has 0 atom stereocenters. The normalized spacial score (nSPS) is 15.4. The highest BCUT2D eigenvalue weighted by molar-refractivity contribution is 8.00. The Balaban J connectivity index is 1.72. The van der Waals surface area contributed by atoms with Crippen LogP contribution in [0, 0.1) is 6.92 Å². The van der Waals surface area contributed by atoms with Gasteiger partial charge in [-0.15, -0.1) is 11.8 Å². The molecule has 1 aliphatic rings. The van der Waals surface area contributed by atoms with Gasteiger partial charge in [-0.3, -0.25) is 4.79 Å². The highest BCUT2D eigenvalue weighted by atomic mass is 32.2. The lowest BCUT2D eigenvalue weighted by Crippen LogP contribution is -2.41. The molecule has 1 aromatic carbocycles. The maximum Gasteiger partial charge on any atom is 0.233 e. The molecule has 1 aliphatic heterocycles. The molecule has 0 spiro atoms. The number of hydrogen-bond acceptors (Lipinski definition) is 5. The van der Waals surface area contributed by atoms with E-state index in [0.717, 1.165) is 15.8 Å². The number of amides is 1. The Hall–Kier alpha value is -1.66. The minimum atomic E-state index is 0.154. The van der Waals surface area contributed by atoms with E-state index >= 15 is 0 Å². The molecular formula is C15H17N3O2S. The first kappa shape index (κ1) is 14.3. The predicted octanol–water partition coefficient (Wildman–Crippen LogP) is 1.89. The van der Waals surface area contributed by atoms with Crippen LogP contribution >= 0.6 is 11.8 Å². The van der Waals surface area contributed by atoms with Crippen LogP contribution in [0.15, 0.2) is 29.3 Å². The van der Waals surface area contributed by atoms with Crippen LogP contribution in [0.4, 0.5) is 0 Å². The summed E-state index contributed by atoms with van der Waals surface area (Å²) in [6.45, 7) is 4.69. The molecule has 0 bridgehead atoms. The van der Waals surface area contributed by atoms with Gasteiger partial charge in [-0.05, 0) is 19.1 Å². The van der Waals surface area contributed by atoms with Crippen LogP contribution in [0.2, 0.25) is 0 Å². The van der Waals surface area contributed by atoms with Gasteiger partial charge in [0, 0.05) is 23.4 Å². The molecule has 1 aromatic heterocycles. The standard InChI is InChI=1S/C15H17N3O2S/c1-11-2-3-13-12(8-11)14(9-16-17-13)21-10-15(19)18-4-6-20-7-5-18/h2-3,8-9H,4-7,10H2,1H3. The van der Waals surface area contributed by atoms with Crippen LogP contribution in [0.3, 0.4) is 0 Å². The van der Waals surface area contributed by atoms with E-state index in [1.165, 1.54) is 17.3 Å². The molecule has 0 N–H and O–H groups in total. The quantitative estimate of drug-likeness (QED) is 0.811. The van der Waals surface area contributed by atoms with Gasteiger partial charge < -0.3 is 9.64 Å². The molecule has 1 fully saturated rings. The Morgan fingerprint density at radius 3 is 3.00 bits per heavy atom. The lowest BCUT2D eigenvalue weighted by molar-refractivity contribution is -0.132. The third-order valence-electron chi connectivity index (χ3n) is 3.47. The van der Waals surface area contributed by atoms with E-state index in [1.807, 2.05) is 24.0 Å². The number of carbonyl (C=O) groups excluding carboxylic acids is 1. The molecule has 2 aromatic rings. The third kappa shape index (κ3) is 3.33. The number of thioether (sulfide) groups is 1. The van der Waals surface area contributed by atoms with E-state index in [-0.39, 0.29) is 5.91 Å². The number of ether oxygens (including phenoxy) is 1. The van der Waals surface area contributed by atoms with E-state index in [1.54, 1.807) is 6.20 Å². The monoisotopic (exact) mass is 303 g/mol. The van der Waals surface area contributed by atoms with Crippen LogP contribution in [0.25, 0.3) is 10.9 Å². The van der Waals surface area contributed by atoms with E-state index in [4.69, 9.17) is 4.74 Å². The number of benzene rings is 1. The largest absolute Gasteiger partial charge is 0.378 e. The summed E-state index contributed by atoms with van der Waals surface area (Å²) >= 11 is 1.53. The third-order valence-corrected chi connectivity index (χ3v) is 4.50. The van der Waals surface area contributed by atoms with Crippen molar-refractivity contribution in [3.8, 4) is 0 Å². The second kappa shape index (κ2) is 6.41. The van der Waals surface area contributed by atoms with E-state index in [2.05, 4.69) is 16.3 Å². The number of aryl methyl sites for hydroxylation is 1. The maximum atomic E-state index is 12.2. The number of hydrogen-bond donors (Lipinski definition) is 0. The predicted molar refractivity (Wildman–Crippen MR) is 82.4 cm³/mol. The Bertz CT molecular complexity index is 656. The molecule has 5 nitrogen and oxygen atoms in total. The van der Waals surface area contributed by atoms with E-state index in [0.29, 0.717) is 32.1 Å². The summed E-state index contributed by atoms with van der Waals surface area (Å²) in [6.07, 6.45) is 1.74. The first-order chi connectivity index (χ1) is 10.2. The highest BCUT2D eigenvalue weighted by Gasteiger charge is 2.17. The summed E-state index contributed by atoms with van der Waals surface area (Å²) in [5, 5.41) is 9.20. The Kier molecular flexibility index (Phi) is 4.36. The van der Waals surface area contributed by atoms with Crippen molar-refractivity contribution in [3.05, 3.63) is 30.0 Å². The minimum absolute atomic E-state index is 0.154. The molecular weight excluding hydrogens is 286 g/mol. The van der Waals surface area contributed by atoms with Gasteiger partial charge in [-0.1, -0.05) is 11.6 Å². The Morgan fingerprint density at radius 1 is 1.38 bits per heavy atom. The molecule has 2 heterocycles. The van der Waals surface area contributed by atoms with Crippen molar-refractivity contribution < 1.29 is 9.53 Å². The van der Waals surface area contributed by atoms with Crippen molar-refractivity contribution in [2.75, 3.05) is 32.1 Å².